The van der Waals surface area contributed by atoms with Crippen LogP contribution < -0.4 is 15.6 Å². The smallest absolute Gasteiger partial charge is 0.374 e. The maximum atomic E-state index is 12.3. The first-order valence-electron chi connectivity index (χ1n) is 9.34. The van der Waals surface area contributed by atoms with Crippen molar-refractivity contribution in [2.24, 2.45) is 0 Å². The summed E-state index contributed by atoms with van der Waals surface area (Å²) < 4.78 is 5.56. The third-order valence-electron chi connectivity index (χ3n) is 4.37. The van der Waals surface area contributed by atoms with Gasteiger partial charge in [-0.25, -0.2) is 4.98 Å². The lowest BCUT2D eigenvalue weighted by molar-refractivity contribution is -0.385. The minimum Gasteiger partial charge on any atom is -0.434 e. The number of nitro groups is 2. The summed E-state index contributed by atoms with van der Waals surface area (Å²) in [6.45, 7) is 4.07. The minimum atomic E-state index is -0.738. The van der Waals surface area contributed by atoms with Crippen molar-refractivity contribution in [3.8, 4) is 11.6 Å². The van der Waals surface area contributed by atoms with Gasteiger partial charge in [0.15, 0.2) is 0 Å². The van der Waals surface area contributed by atoms with E-state index in [1.54, 1.807) is 12.1 Å². The van der Waals surface area contributed by atoms with Gasteiger partial charge in [0.1, 0.15) is 12.1 Å². The Morgan fingerprint density at radius 1 is 0.969 bits per heavy atom. The fourth-order valence-corrected chi connectivity index (χ4v) is 2.65. The second kappa shape index (κ2) is 9.47. The number of nitrogens with zero attached hydrogens (tertiary/aromatic N) is 4. The molecule has 0 spiro atoms. The fourth-order valence-electron chi connectivity index (χ4n) is 2.65. The van der Waals surface area contributed by atoms with E-state index in [0.717, 1.165) is 11.9 Å². The molecule has 0 saturated carbocycles. The average Bonchev–Trinajstić information content (AvgIpc) is 2.77. The maximum Gasteiger partial charge on any atom is 0.374 e. The predicted molar refractivity (Wildman–Crippen MR) is 113 cm³/mol. The summed E-state index contributed by atoms with van der Waals surface area (Å²) >= 11 is 0. The van der Waals surface area contributed by atoms with Crippen LogP contribution in [-0.4, -0.2) is 25.7 Å². The van der Waals surface area contributed by atoms with Gasteiger partial charge < -0.3 is 4.74 Å². The summed E-state index contributed by atoms with van der Waals surface area (Å²) in [5, 5.41) is 22.3. The molecule has 0 bridgehead atoms. The van der Waals surface area contributed by atoms with Gasteiger partial charge in [-0.1, -0.05) is 26.0 Å². The molecule has 0 aliphatic heterocycles. The number of rotatable bonds is 8. The number of nitro benzene ring substituents is 1. The number of hydrogen-bond acceptors (Lipinski definition) is 9. The number of ether oxygens (including phenoxy) is 1. The van der Waals surface area contributed by atoms with Crippen LogP contribution in [0.1, 0.15) is 35.7 Å². The molecule has 3 rings (SSSR count). The van der Waals surface area contributed by atoms with E-state index in [9.17, 15) is 25.0 Å². The fraction of sp³-hybridized carbons (Fsp3) is 0.150. The number of hydrazine groups is 1. The number of nitrogens with one attached hydrogen (secondary N) is 2. The van der Waals surface area contributed by atoms with Gasteiger partial charge in [-0.05, 0) is 35.7 Å². The molecular formula is C20H18N6O6. The van der Waals surface area contributed by atoms with Crippen molar-refractivity contribution in [1.82, 2.24) is 15.4 Å². The average molecular weight is 438 g/mol. The first-order valence-corrected chi connectivity index (χ1v) is 9.34. The standard InChI is InChI=1S/C20H18N6O6/c1-12(2)13-5-9-16(10-6-13)32-20-17(26(30)31)18(21-11-22-20)23-24-19(27)14-3-7-15(8-4-14)25(28)29/h3-12H,1-2H3,(H,24,27)(H,21,22,23). The number of aromatic nitrogens is 2. The van der Waals surface area contributed by atoms with E-state index in [1.165, 1.54) is 24.3 Å². The van der Waals surface area contributed by atoms with Crippen LogP contribution in [0, 0.1) is 20.2 Å². The predicted octanol–water partition coefficient (Wildman–Crippen LogP) is 3.97. The zero-order valence-electron chi connectivity index (χ0n) is 17.0. The lowest BCUT2D eigenvalue weighted by Gasteiger charge is -2.11. The van der Waals surface area contributed by atoms with Crippen LogP contribution in [0.3, 0.4) is 0 Å². The van der Waals surface area contributed by atoms with Crippen LogP contribution >= 0.6 is 0 Å². The van der Waals surface area contributed by atoms with Crippen molar-refractivity contribution in [1.29, 1.82) is 0 Å². The highest BCUT2D eigenvalue weighted by atomic mass is 16.6. The molecule has 0 fully saturated rings. The number of carbonyl (C=O) groups excluding carboxylic acids is 1. The first-order chi connectivity index (χ1) is 15.3. The summed E-state index contributed by atoms with van der Waals surface area (Å²) in [6, 6.07) is 11.9. The van der Waals surface area contributed by atoms with Crippen molar-refractivity contribution in [3.63, 3.8) is 0 Å². The van der Waals surface area contributed by atoms with Gasteiger partial charge in [-0.15, -0.1) is 0 Å². The Morgan fingerprint density at radius 3 is 2.19 bits per heavy atom. The Hall–Kier alpha value is -4.61. The molecule has 2 aromatic carbocycles. The first kappa shape index (κ1) is 22.1. The Labute approximate surface area is 181 Å². The molecule has 0 unspecified atom stereocenters. The molecular weight excluding hydrogens is 420 g/mol. The summed E-state index contributed by atoms with van der Waals surface area (Å²) in [7, 11) is 0. The van der Waals surface area contributed by atoms with E-state index in [1.807, 2.05) is 26.0 Å². The molecule has 1 amide bonds. The Kier molecular flexibility index (Phi) is 6.53. The van der Waals surface area contributed by atoms with Gasteiger partial charge in [0.25, 0.3) is 11.6 Å². The molecule has 32 heavy (non-hydrogen) atoms. The number of benzene rings is 2. The van der Waals surface area contributed by atoms with Crippen LogP contribution in [0.25, 0.3) is 0 Å². The van der Waals surface area contributed by atoms with E-state index >= 15 is 0 Å². The number of carbonyl (C=O) groups is 1. The molecule has 0 atom stereocenters. The van der Waals surface area contributed by atoms with Gasteiger partial charge in [0, 0.05) is 17.7 Å². The van der Waals surface area contributed by atoms with Gasteiger partial charge in [-0.3, -0.25) is 35.9 Å². The van der Waals surface area contributed by atoms with Crippen LogP contribution in [-0.2, 0) is 0 Å². The number of hydrogen-bond donors (Lipinski definition) is 2. The highest BCUT2D eigenvalue weighted by Gasteiger charge is 2.25. The van der Waals surface area contributed by atoms with Crippen LogP contribution in [0.5, 0.6) is 11.6 Å². The molecule has 164 valence electrons. The molecule has 0 aliphatic carbocycles. The lowest BCUT2D eigenvalue weighted by Crippen LogP contribution is -2.30. The molecule has 0 aliphatic rings. The third-order valence-corrected chi connectivity index (χ3v) is 4.37. The SMILES string of the molecule is CC(C)c1ccc(Oc2ncnc(NNC(=O)c3ccc([N+](=O)[O-])cc3)c2[N+](=O)[O-])cc1. The van der Waals surface area contributed by atoms with E-state index in [0.29, 0.717) is 11.7 Å². The molecule has 1 aromatic heterocycles. The Bertz CT molecular complexity index is 1150. The maximum absolute atomic E-state index is 12.3. The topological polar surface area (TPSA) is 162 Å². The Morgan fingerprint density at radius 2 is 1.62 bits per heavy atom. The molecule has 3 aromatic rings. The van der Waals surface area contributed by atoms with Crippen LogP contribution in [0.2, 0.25) is 0 Å². The van der Waals surface area contributed by atoms with E-state index in [4.69, 9.17) is 4.74 Å². The van der Waals surface area contributed by atoms with E-state index in [-0.39, 0.29) is 22.9 Å². The van der Waals surface area contributed by atoms with Gasteiger partial charge in [0.05, 0.1) is 9.85 Å². The largest absolute Gasteiger partial charge is 0.434 e. The second-order valence-corrected chi connectivity index (χ2v) is 6.84. The van der Waals surface area contributed by atoms with E-state index in [2.05, 4.69) is 20.8 Å². The van der Waals surface area contributed by atoms with Crippen molar-refractivity contribution in [2.45, 2.75) is 19.8 Å². The van der Waals surface area contributed by atoms with Crippen LogP contribution in [0.4, 0.5) is 17.2 Å². The third kappa shape index (κ3) is 5.11. The minimum absolute atomic E-state index is 0.0986. The van der Waals surface area contributed by atoms with Crippen molar-refractivity contribution >= 4 is 23.1 Å². The van der Waals surface area contributed by atoms with Crippen molar-refractivity contribution < 1.29 is 19.4 Å². The normalized spacial score (nSPS) is 10.5. The van der Waals surface area contributed by atoms with Gasteiger partial charge >= 0.3 is 11.6 Å². The molecule has 12 heteroatoms. The number of amides is 1. The lowest BCUT2D eigenvalue weighted by atomic mass is 10.0. The Balaban J connectivity index is 1.77. The zero-order valence-corrected chi connectivity index (χ0v) is 17.0. The van der Waals surface area contributed by atoms with Crippen molar-refractivity contribution in [2.75, 3.05) is 5.43 Å². The quantitative estimate of drug-likeness (QED) is 0.391. The van der Waals surface area contributed by atoms with Crippen LogP contribution in [0.15, 0.2) is 54.9 Å². The highest BCUT2D eigenvalue weighted by molar-refractivity contribution is 5.95. The highest BCUT2D eigenvalue weighted by Crippen LogP contribution is 2.34. The molecule has 1 heterocycles. The number of anilines is 1. The summed E-state index contributed by atoms with van der Waals surface area (Å²) in [4.78, 5) is 40.9. The zero-order chi connectivity index (χ0) is 23.3. The summed E-state index contributed by atoms with van der Waals surface area (Å²) in [5.74, 6) is -0.632. The summed E-state index contributed by atoms with van der Waals surface area (Å²) in [5.41, 5.74) is 5.05. The summed E-state index contributed by atoms with van der Waals surface area (Å²) in [6.07, 6.45) is 1.05. The van der Waals surface area contributed by atoms with Gasteiger partial charge in [-0.2, -0.15) is 4.98 Å². The number of non-ortho nitro benzene ring substituents is 1. The molecule has 0 radical (unpaired) electrons. The second-order valence-electron chi connectivity index (χ2n) is 6.84. The monoisotopic (exact) mass is 438 g/mol. The van der Waals surface area contributed by atoms with Gasteiger partial charge in [0.2, 0.25) is 5.82 Å². The molecule has 0 saturated heterocycles. The molecule has 2 N–H and O–H groups in total. The molecule has 12 nitrogen and oxygen atoms in total. The van der Waals surface area contributed by atoms with E-state index < -0.39 is 21.4 Å². The van der Waals surface area contributed by atoms with Crippen molar-refractivity contribution in [3.05, 3.63) is 86.2 Å².